The maximum atomic E-state index is 6.30. The number of nitrogens with two attached hydrogens (primary N) is 1. The predicted molar refractivity (Wildman–Crippen MR) is 82.6 cm³/mol. The van der Waals surface area contributed by atoms with Crippen LogP contribution < -0.4 is 5.73 Å². The van der Waals surface area contributed by atoms with E-state index in [-0.39, 0.29) is 17.9 Å². The zero-order valence-corrected chi connectivity index (χ0v) is 13.4. The Morgan fingerprint density at radius 1 is 1.30 bits per heavy atom. The standard InChI is InChI=1S/C13H16ClN3OS.ClH/c14-10-5-3-9(19-10)4-6-11-16-12(17-18-11)13(15)7-1-2-8-13;/h3,5H,1-2,4,6-8,15H2;1H. The first-order valence-corrected chi connectivity index (χ1v) is 7.71. The Balaban J connectivity index is 0.00000147. The number of thiophene rings is 1. The Labute approximate surface area is 133 Å². The van der Waals surface area contributed by atoms with Crippen molar-refractivity contribution in [3.05, 3.63) is 33.1 Å². The highest BCUT2D eigenvalue weighted by Crippen LogP contribution is 2.34. The number of aryl methyl sites for hydroxylation is 2. The molecule has 20 heavy (non-hydrogen) atoms. The second-order valence-electron chi connectivity index (χ2n) is 5.08. The van der Waals surface area contributed by atoms with E-state index in [1.54, 1.807) is 11.3 Å². The highest BCUT2D eigenvalue weighted by atomic mass is 35.5. The van der Waals surface area contributed by atoms with Crippen LogP contribution in [0, 0.1) is 0 Å². The van der Waals surface area contributed by atoms with E-state index >= 15 is 0 Å². The smallest absolute Gasteiger partial charge is 0.227 e. The van der Waals surface area contributed by atoms with Gasteiger partial charge in [-0.15, -0.1) is 23.7 Å². The van der Waals surface area contributed by atoms with Crippen LogP contribution in [-0.2, 0) is 18.4 Å². The lowest BCUT2D eigenvalue weighted by Gasteiger charge is -2.17. The molecule has 0 aliphatic heterocycles. The zero-order chi connectivity index (χ0) is 13.3. The van der Waals surface area contributed by atoms with Gasteiger partial charge in [0.1, 0.15) is 0 Å². The fourth-order valence-electron chi connectivity index (χ4n) is 2.50. The third-order valence-electron chi connectivity index (χ3n) is 3.62. The number of rotatable bonds is 4. The summed E-state index contributed by atoms with van der Waals surface area (Å²) >= 11 is 7.49. The van der Waals surface area contributed by atoms with E-state index in [9.17, 15) is 0 Å². The summed E-state index contributed by atoms with van der Waals surface area (Å²) in [6.07, 6.45) is 5.80. The molecule has 7 heteroatoms. The minimum atomic E-state index is -0.367. The normalized spacial score (nSPS) is 17.1. The minimum Gasteiger partial charge on any atom is -0.339 e. The Morgan fingerprint density at radius 2 is 2.05 bits per heavy atom. The van der Waals surface area contributed by atoms with Gasteiger partial charge in [0.05, 0.1) is 9.88 Å². The molecule has 0 saturated heterocycles. The van der Waals surface area contributed by atoms with Crippen LogP contribution in [0.2, 0.25) is 4.34 Å². The van der Waals surface area contributed by atoms with Crippen LogP contribution in [0.15, 0.2) is 16.7 Å². The van der Waals surface area contributed by atoms with Crippen molar-refractivity contribution in [1.29, 1.82) is 0 Å². The molecule has 4 nitrogen and oxygen atoms in total. The molecule has 1 aliphatic rings. The predicted octanol–water partition coefficient (Wildman–Crippen LogP) is 3.72. The Kier molecular flexibility index (Phi) is 5.07. The topological polar surface area (TPSA) is 64.9 Å². The van der Waals surface area contributed by atoms with Crippen LogP contribution in [0.25, 0.3) is 0 Å². The van der Waals surface area contributed by atoms with Crippen LogP contribution >= 0.6 is 35.3 Å². The van der Waals surface area contributed by atoms with Crippen molar-refractivity contribution in [2.45, 2.75) is 44.1 Å². The first kappa shape index (κ1) is 15.8. The molecule has 0 spiro atoms. The molecular formula is C13H17Cl2N3OS. The Bertz CT molecular complexity index is 563. The fourth-order valence-corrected chi connectivity index (χ4v) is 3.59. The van der Waals surface area contributed by atoms with Crippen LogP contribution in [0.1, 0.15) is 42.3 Å². The van der Waals surface area contributed by atoms with Crippen LogP contribution in [-0.4, -0.2) is 10.1 Å². The lowest BCUT2D eigenvalue weighted by Crippen LogP contribution is -2.34. The van der Waals surface area contributed by atoms with E-state index in [4.69, 9.17) is 21.9 Å². The van der Waals surface area contributed by atoms with Gasteiger partial charge in [-0.05, 0) is 31.4 Å². The number of nitrogens with zero attached hydrogens (tertiary/aromatic N) is 2. The summed E-state index contributed by atoms with van der Waals surface area (Å²) in [5, 5.41) is 4.05. The largest absolute Gasteiger partial charge is 0.339 e. The van der Waals surface area contributed by atoms with Crippen LogP contribution in [0.3, 0.4) is 0 Å². The van der Waals surface area contributed by atoms with Gasteiger partial charge in [-0.25, -0.2) is 0 Å². The van der Waals surface area contributed by atoms with Gasteiger partial charge < -0.3 is 10.3 Å². The Morgan fingerprint density at radius 3 is 2.70 bits per heavy atom. The third-order valence-corrected chi connectivity index (χ3v) is 4.91. The van der Waals surface area contributed by atoms with Crippen molar-refractivity contribution in [3.63, 3.8) is 0 Å². The van der Waals surface area contributed by atoms with Crippen molar-refractivity contribution >= 4 is 35.3 Å². The highest BCUT2D eigenvalue weighted by Gasteiger charge is 2.35. The summed E-state index contributed by atoms with van der Waals surface area (Å²) in [4.78, 5) is 5.68. The van der Waals surface area contributed by atoms with Crippen molar-refractivity contribution in [2.24, 2.45) is 5.73 Å². The molecule has 1 fully saturated rings. The van der Waals surface area contributed by atoms with Crippen molar-refractivity contribution in [2.75, 3.05) is 0 Å². The van der Waals surface area contributed by atoms with E-state index in [0.717, 1.165) is 42.9 Å². The van der Waals surface area contributed by atoms with Crippen LogP contribution in [0.5, 0.6) is 0 Å². The molecule has 0 aromatic carbocycles. The number of halogens is 2. The fraction of sp³-hybridized carbons (Fsp3) is 0.538. The summed E-state index contributed by atoms with van der Waals surface area (Å²) in [6.45, 7) is 0. The molecule has 2 aromatic heterocycles. The number of hydrogen-bond donors (Lipinski definition) is 1. The van der Waals surface area contributed by atoms with Gasteiger partial charge in [0, 0.05) is 11.3 Å². The molecule has 0 atom stereocenters. The summed E-state index contributed by atoms with van der Waals surface area (Å²) in [7, 11) is 0. The molecule has 1 aliphatic carbocycles. The molecule has 110 valence electrons. The summed E-state index contributed by atoms with van der Waals surface area (Å²) < 4.78 is 6.11. The quantitative estimate of drug-likeness (QED) is 0.925. The molecule has 2 aromatic rings. The summed E-state index contributed by atoms with van der Waals surface area (Å²) in [5.74, 6) is 1.33. The van der Waals surface area contributed by atoms with Crippen molar-refractivity contribution < 1.29 is 4.52 Å². The maximum absolute atomic E-state index is 6.30. The third kappa shape index (κ3) is 3.34. The van der Waals surface area contributed by atoms with Crippen molar-refractivity contribution in [3.8, 4) is 0 Å². The molecule has 0 radical (unpaired) electrons. The average molecular weight is 334 g/mol. The van der Waals surface area contributed by atoms with Gasteiger partial charge in [0.2, 0.25) is 5.89 Å². The maximum Gasteiger partial charge on any atom is 0.227 e. The lowest BCUT2D eigenvalue weighted by atomic mass is 9.99. The first-order valence-electron chi connectivity index (χ1n) is 6.52. The lowest BCUT2D eigenvalue weighted by molar-refractivity contribution is 0.348. The van der Waals surface area contributed by atoms with Gasteiger partial charge in [0.15, 0.2) is 5.82 Å². The van der Waals surface area contributed by atoms with Gasteiger partial charge in [-0.3, -0.25) is 0 Å². The molecule has 3 rings (SSSR count). The molecular weight excluding hydrogens is 317 g/mol. The van der Waals surface area contributed by atoms with E-state index in [1.807, 2.05) is 12.1 Å². The van der Waals surface area contributed by atoms with Gasteiger partial charge >= 0.3 is 0 Å². The molecule has 0 amide bonds. The summed E-state index contributed by atoms with van der Waals surface area (Å²) in [5.41, 5.74) is 5.94. The monoisotopic (exact) mass is 333 g/mol. The highest BCUT2D eigenvalue weighted by molar-refractivity contribution is 7.16. The second kappa shape index (κ2) is 6.43. The molecule has 0 bridgehead atoms. The van der Waals surface area contributed by atoms with Crippen molar-refractivity contribution in [1.82, 2.24) is 10.1 Å². The SMILES string of the molecule is Cl.NC1(c2noc(CCc3ccc(Cl)s3)n2)CCCC1. The van der Waals surface area contributed by atoms with E-state index in [0.29, 0.717) is 11.7 Å². The van der Waals surface area contributed by atoms with E-state index in [1.165, 1.54) is 4.88 Å². The molecule has 2 N–H and O–H groups in total. The second-order valence-corrected chi connectivity index (χ2v) is 6.88. The molecule has 0 unspecified atom stereocenters. The molecule has 1 saturated carbocycles. The minimum absolute atomic E-state index is 0. The van der Waals surface area contributed by atoms with E-state index in [2.05, 4.69) is 10.1 Å². The van der Waals surface area contributed by atoms with Crippen LogP contribution in [0.4, 0.5) is 0 Å². The molecule has 2 heterocycles. The first-order chi connectivity index (χ1) is 9.16. The zero-order valence-electron chi connectivity index (χ0n) is 11.0. The van der Waals surface area contributed by atoms with Gasteiger partial charge in [-0.1, -0.05) is 29.6 Å². The number of hydrogen-bond acceptors (Lipinski definition) is 5. The summed E-state index contributed by atoms with van der Waals surface area (Å²) in [6, 6.07) is 3.94. The Hall–Kier alpha value is -0.620. The average Bonchev–Trinajstić information content (AvgIpc) is 3.08. The number of aromatic nitrogens is 2. The van der Waals surface area contributed by atoms with E-state index < -0.39 is 0 Å². The van der Waals surface area contributed by atoms with Gasteiger partial charge in [0.25, 0.3) is 0 Å². The van der Waals surface area contributed by atoms with Gasteiger partial charge in [-0.2, -0.15) is 4.98 Å².